The molecule has 0 saturated heterocycles. The summed E-state index contributed by atoms with van der Waals surface area (Å²) in [6.07, 6.45) is 0. The van der Waals surface area contributed by atoms with E-state index in [9.17, 15) is 0 Å². The summed E-state index contributed by atoms with van der Waals surface area (Å²) in [7, 11) is 0. The Kier molecular flexibility index (Phi) is 4.08. The summed E-state index contributed by atoms with van der Waals surface area (Å²) in [4.78, 5) is 8.87. The fourth-order valence-electron chi connectivity index (χ4n) is 2.73. The lowest BCUT2D eigenvalue weighted by atomic mass is 10.00. The Morgan fingerprint density at radius 2 is 1.50 bits per heavy atom. The smallest absolute Gasteiger partial charge is 0.231 e. The van der Waals surface area contributed by atoms with Gasteiger partial charge in [-0.25, -0.2) is 4.98 Å². The number of furan rings is 1. The average molecular weight is 400 g/mol. The molecular formula is C19H12BrClN2O. The van der Waals surface area contributed by atoms with E-state index in [0.29, 0.717) is 16.1 Å². The highest BCUT2D eigenvalue weighted by Gasteiger charge is 2.22. The summed E-state index contributed by atoms with van der Waals surface area (Å²) < 4.78 is 6.81. The van der Waals surface area contributed by atoms with Gasteiger partial charge in [0, 0.05) is 11.1 Å². The third kappa shape index (κ3) is 2.62. The van der Waals surface area contributed by atoms with E-state index in [-0.39, 0.29) is 5.88 Å². The number of alkyl halides is 1. The molecule has 2 heterocycles. The summed E-state index contributed by atoms with van der Waals surface area (Å²) in [5.74, 6) is 1.54. The molecule has 4 aromatic rings. The summed E-state index contributed by atoms with van der Waals surface area (Å²) in [5, 5.41) is 0.855. The highest BCUT2D eigenvalue weighted by molar-refractivity contribution is 9.10. The molecular weight excluding hydrogens is 388 g/mol. The van der Waals surface area contributed by atoms with Crippen molar-refractivity contribution in [3.63, 3.8) is 0 Å². The van der Waals surface area contributed by atoms with Gasteiger partial charge in [0.1, 0.15) is 16.2 Å². The lowest BCUT2D eigenvalue weighted by Gasteiger charge is -2.04. The van der Waals surface area contributed by atoms with Crippen molar-refractivity contribution in [2.24, 2.45) is 0 Å². The monoisotopic (exact) mass is 398 g/mol. The molecule has 0 aliphatic carbocycles. The third-order valence-corrected chi connectivity index (χ3v) is 4.58. The number of nitrogens with zero attached hydrogens (tertiary/aromatic N) is 2. The maximum absolute atomic E-state index is 6.12. The number of hydrogen-bond donors (Lipinski definition) is 0. The van der Waals surface area contributed by atoms with E-state index in [1.165, 1.54) is 0 Å². The molecule has 2 aromatic heterocycles. The highest BCUT2D eigenvalue weighted by Crippen LogP contribution is 2.42. The number of aromatic nitrogens is 2. The second-order valence-electron chi connectivity index (χ2n) is 5.28. The molecule has 0 bridgehead atoms. The molecule has 5 heteroatoms. The zero-order chi connectivity index (χ0) is 16.5. The summed E-state index contributed by atoms with van der Waals surface area (Å²) in [6, 6.07) is 20.1. The van der Waals surface area contributed by atoms with E-state index in [1.54, 1.807) is 0 Å². The van der Waals surface area contributed by atoms with Crippen molar-refractivity contribution in [3.8, 4) is 22.5 Å². The number of hydrogen-bond acceptors (Lipinski definition) is 3. The van der Waals surface area contributed by atoms with Crippen molar-refractivity contribution in [2.45, 2.75) is 5.88 Å². The lowest BCUT2D eigenvalue weighted by Crippen LogP contribution is -1.92. The van der Waals surface area contributed by atoms with Crippen LogP contribution in [0.2, 0.25) is 0 Å². The molecule has 24 heavy (non-hydrogen) atoms. The van der Waals surface area contributed by atoms with Crippen LogP contribution in [0.5, 0.6) is 0 Å². The van der Waals surface area contributed by atoms with Gasteiger partial charge in [-0.2, -0.15) is 4.98 Å². The summed E-state index contributed by atoms with van der Waals surface area (Å²) >= 11 is 9.45. The number of rotatable bonds is 3. The van der Waals surface area contributed by atoms with Crippen LogP contribution in [0.1, 0.15) is 5.82 Å². The molecule has 0 aliphatic heterocycles. The quantitative estimate of drug-likeness (QED) is 0.310. The Morgan fingerprint density at radius 1 is 0.875 bits per heavy atom. The molecule has 0 spiro atoms. The molecule has 0 saturated carbocycles. The van der Waals surface area contributed by atoms with E-state index < -0.39 is 0 Å². The lowest BCUT2D eigenvalue weighted by molar-refractivity contribution is 0.616. The second-order valence-corrected chi connectivity index (χ2v) is 6.30. The third-order valence-electron chi connectivity index (χ3n) is 3.77. The van der Waals surface area contributed by atoms with Crippen LogP contribution < -0.4 is 0 Å². The van der Waals surface area contributed by atoms with Crippen molar-refractivity contribution in [2.75, 3.05) is 0 Å². The van der Waals surface area contributed by atoms with Gasteiger partial charge >= 0.3 is 0 Å². The molecule has 118 valence electrons. The largest absolute Gasteiger partial charge is 0.437 e. The minimum Gasteiger partial charge on any atom is -0.437 e. The van der Waals surface area contributed by atoms with Crippen LogP contribution in [0.15, 0.2) is 69.7 Å². The van der Waals surface area contributed by atoms with Crippen molar-refractivity contribution in [1.82, 2.24) is 9.97 Å². The first-order chi connectivity index (χ1) is 11.8. The zero-order valence-corrected chi connectivity index (χ0v) is 14.9. The van der Waals surface area contributed by atoms with Gasteiger partial charge in [-0.05, 0) is 21.5 Å². The molecule has 2 aromatic carbocycles. The Labute approximate surface area is 152 Å². The SMILES string of the molecule is ClCc1nc(Br)c2c(-c3ccccc3)c(-c3ccccc3)oc2n1. The predicted molar refractivity (Wildman–Crippen MR) is 99.9 cm³/mol. The number of benzene rings is 2. The molecule has 0 fully saturated rings. The van der Waals surface area contributed by atoms with Gasteiger partial charge in [0.2, 0.25) is 5.71 Å². The Morgan fingerprint density at radius 3 is 2.12 bits per heavy atom. The van der Waals surface area contributed by atoms with E-state index in [1.807, 2.05) is 48.5 Å². The van der Waals surface area contributed by atoms with Gasteiger partial charge in [-0.1, -0.05) is 60.7 Å². The van der Waals surface area contributed by atoms with Gasteiger partial charge in [0.25, 0.3) is 0 Å². The van der Waals surface area contributed by atoms with Crippen molar-refractivity contribution in [1.29, 1.82) is 0 Å². The first-order valence-corrected chi connectivity index (χ1v) is 8.76. The van der Waals surface area contributed by atoms with Gasteiger partial charge < -0.3 is 4.42 Å². The molecule has 0 N–H and O–H groups in total. The maximum Gasteiger partial charge on any atom is 0.231 e. The second kappa shape index (κ2) is 6.38. The van der Waals surface area contributed by atoms with Crippen LogP contribution in [0.25, 0.3) is 33.6 Å². The fourth-order valence-corrected chi connectivity index (χ4v) is 3.43. The molecule has 0 radical (unpaired) electrons. The summed E-state index contributed by atoms with van der Waals surface area (Å²) in [5.41, 5.74) is 3.56. The zero-order valence-electron chi connectivity index (χ0n) is 12.5. The fraction of sp³-hybridized carbons (Fsp3) is 0.0526. The topological polar surface area (TPSA) is 38.9 Å². The van der Waals surface area contributed by atoms with Gasteiger partial charge in [-0.15, -0.1) is 11.6 Å². The van der Waals surface area contributed by atoms with Gasteiger partial charge in [0.05, 0.1) is 11.3 Å². The van der Waals surface area contributed by atoms with Crippen molar-refractivity contribution >= 4 is 38.6 Å². The molecule has 0 aliphatic rings. The average Bonchev–Trinajstić information content (AvgIpc) is 3.03. The van der Waals surface area contributed by atoms with E-state index in [4.69, 9.17) is 16.0 Å². The van der Waals surface area contributed by atoms with Gasteiger partial charge in [0.15, 0.2) is 0 Å². The molecule has 0 atom stereocenters. The Hall–Kier alpha value is -2.17. The normalized spacial score (nSPS) is 11.1. The van der Waals surface area contributed by atoms with Crippen LogP contribution in [0.4, 0.5) is 0 Å². The van der Waals surface area contributed by atoms with Crippen LogP contribution in [-0.4, -0.2) is 9.97 Å². The standard InChI is InChI=1S/C19H12BrClN2O/c20-18-16-15(12-7-3-1-4-8-12)17(13-9-5-2-6-10-13)24-19(16)23-14(11-21)22-18/h1-10H,11H2. The maximum atomic E-state index is 6.12. The predicted octanol–water partition coefficient (Wildman–Crippen LogP) is 6.06. The number of halogens is 2. The molecule has 3 nitrogen and oxygen atoms in total. The van der Waals surface area contributed by atoms with E-state index >= 15 is 0 Å². The first kappa shape index (κ1) is 15.4. The molecule has 0 amide bonds. The highest BCUT2D eigenvalue weighted by atomic mass is 79.9. The van der Waals surface area contributed by atoms with E-state index in [0.717, 1.165) is 27.8 Å². The minimum atomic E-state index is 0.233. The van der Waals surface area contributed by atoms with Crippen molar-refractivity contribution < 1.29 is 4.42 Å². The number of fused-ring (bicyclic) bond motifs is 1. The Balaban J connectivity index is 2.09. The Bertz CT molecular complexity index is 1000. The summed E-state index contributed by atoms with van der Waals surface area (Å²) in [6.45, 7) is 0. The van der Waals surface area contributed by atoms with Crippen LogP contribution in [0.3, 0.4) is 0 Å². The van der Waals surface area contributed by atoms with Crippen LogP contribution in [-0.2, 0) is 5.88 Å². The van der Waals surface area contributed by atoms with Crippen molar-refractivity contribution in [3.05, 3.63) is 71.1 Å². The molecule has 4 rings (SSSR count). The van der Waals surface area contributed by atoms with Gasteiger partial charge in [-0.3, -0.25) is 0 Å². The van der Waals surface area contributed by atoms with Crippen LogP contribution >= 0.6 is 27.5 Å². The van der Waals surface area contributed by atoms with E-state index in [2.05, 4.69) is 38.0 Å². The molecule has 0 unspecified atom stereocenters. The minimum absolute atomic E-state index is 0.233. The van der Waals surface area contributed by atoms with Crippen LogP contribution in [0, 0.1) is 0 Å². The first-order valence-electron chi connectivity index (χ1n) is 7.43.